The third-order valence-corrected chi connectivity index (χ3v) is 3.72. The van der Waals surface area contributed by atoms with Crippen molar-refractivity contribution >= 4 is 11.6 Å². The molecule has 2 rings (SSSR count). The van der Waals surface area contributed by atoms with Gasteiger partial charge in [0.15, 0.2) is 0 Å². The van der Waals surface area contributed by atoms with Gasteiger partial charge in [-0.2, -0.15) is 0 Å². The molecule has 4 N–H and O–H groups in total. The number of carbonyl (C=O) groups excluding carboxylic acids is 1. The van der Waals surface area contributed by atoms with Gasteiger partial charge in [-0.25, -0.2) is 4.39 Å². The van der Waals surface area contributed by atoms with E-state index in [0.29, 0.717) is 0 Å². The van der Waals surface area contributed by atoms with E-state index < -0.39 is 0 Å². The predicted octanol–water partition coefficient (Wildman–Crippen LogP) is 1.55. The van der Waals surface area contributed by atoms with E-state index in [4.69, 9.17) is 11.5 Å². The first kappa shape index (κ1) is 13.8. The number of primary amides is 1. The largest absolute Gasteiger partial charge is 0.371 e. The van der Waals surface area contributed by atoms with E-state index in [9.17, 15) is 9.18 Å². The molecule has 0 radical (unpaired) electrons. The number of rotatable bonds is 3. The topological polar surface area (TPSA) is 72.3 Å². The van der Waals surface area contributed by atoms with E-state index in [2.05, 4.69) is 4.90 Å². The van der Waals surface area contributed by atoms with Crippen molar-refractivity contribution in [3.63, 3.8) is 0 Å². The van der Waals surface area contributed by atoms with E-state index in [-0.39, 0.29) is 23.7 Å². The van der Waals surface area contributed by atoms with E-state index in [1.54, 1.807) is 6.07 Å². The van der Waals surface area contributed by atoms with Crippen LogP contribution in [0, 0.1) is 11.7 Å². The fourth-order valence-electron chi connectivity index (χ4n) is 2.58. The molecule has 0 bridgehead atoms. The van der Waals surface area contributed by atoms with Crippen LogP contribution in [-0.4, -0.2) is 19.0 Å². The average molecular weight is 265 g/mol. The van der Waals surface area contributed by atoms with E-state index in [1.807, 2.05) is 6.92 Å². The standard InChI is InChI=1S/C14H20FN3O/c1-9(16)12-8-11(15)2-3-13(12)18-6-4-10(5-7-18)14(17)19/h2-3,8-10H,4-7,16H2,1H3,(H2,17,19)/t9-/m0/s1. The minimum absolute atomic E-state index is 0.0459. The van der Waals surface area contributed by atoms with Crippen LogP contribution in [0.15, 0.2) is 18.2 Å². The number of carbonyl (C=O) groups is 1. The zero-order valence-corrected chi connectivity index (χ0v) is 11.1. The van der Waals surface area contributed by atoms with Crippen LogP contribution in [0.25, 0.3) is 0 Å². The van der Waals surface area contributed by atoms with Gasteiger partial charge in [0.05, 0.1) is 0 Å². The highest BCUT2D eigenvalue weighted by Crippen LogP contribution is 2.29. The van der Waals surface area contributed by atoms with Crippen LogP contribution in [0.4, 0.5) is 10.1 Å². The van der Waals surface area contributed by atoms with Crippen LogP contribution in [-0.2, 0) is 4.79 Å². The lowest BCUT2D eigenvalue weighted by Gasteiger charge is -2.34. The SMILES string of the molecule is C[C@H](N)c1cc(F)ccc1N1CCC(C(N)=O)CC1. The summed E-state index contributed by atoms with van der Waals surface area (Å²) in [6.07, 6.45) is 1.48. The summed E-state index contributed by atoms with van der Waals surface area (Å²) in [6, 6.07) is 4.47. The van der Waals surface area contributed by atoms with Gasteiger partial charge in [-0.05, 0) is 43.5 Å². The summed E-state index contributed by atoms with van der Waals surface area (Å²) in [6.45, 7) is 3.34. The zero-order chi connectivity index (χ0) is 14.0. The van der Waals surface area contributed by atoms with Crippen molar-refractivity contribution < 1.29 is 9.18 Å². The molecule has 1 aromatic carbocycles. The Morgan fingerprint density at radius 2 is 2.05 bits per heavy atom. The van der Waals surface area contributed by atoms with Crippen LogP contribution in [0.2, 0.25) is 0 Å². The highest BCUT2D eigenvalue weighted by molar-refractivity contribution is 5.77. The normalized spacial score (nSPS) is 18.4. The Hall–Kier alpha value is -1.62. The third kappa shape index (κ3) is 3.04. The Bertz CT molecular complexity index is 468. The minimum Gasteiger partial charge on any atom is -0.371 e. The fraction of sp³-hybridized carbons (Fsp3) is 0.500. The average Bonchev–Trinajstić information content (AvgIpc) is 2.38. The smallest absolute Gasteiger partial charge is 0.220 e. The summed E-state index contributed by atoms with van der Waals surface area (Å²) in [5, 5.41) is 0. The molecule has 104 valence electrons. The lowest BCUT2D eigenvalue weighted by molar-refractivity contribution is -0.122. The Morgan fingerprint density at radius 3 is 2.58 bits per heavy atom. The Balaban J connectivity index is 2.17. The number of amides is 1. The van der Waals surface area contributed by atoms with Crippen molar-refractivity contribution in [2.75, 3.05) is 18.0 Å². The molecule has 0 spiro atoms. The predicted molar refractivity (Wildman–Crippen MR) is 73.1 cm³/mol. The number of benzene rings is 1. The molecular weight excluding hydrogens is 245 g/mol. The second kappa shape index (κ2) is 5.57. The number of nitrogens with zero attached hydrogens (tertiary/aromatic N) is 1. The van der Waals surface area contributed by atoms with Crippen molar-refractivity contribution in [1.82, 2.24) is 0 Å². The lowest BCUT2D eigenvalue weighted by atomic mass is 9.95. The number of hydrogen-bond donors (Lipinski definition) is 2. The summed E-state index contributed by atoms with van der Waals surface area (Å²) in [7, 11) is 0. The summed E-state index contributed by atoms with van der Waals surface area (Å²) in [5.74, 6) is -0.551. The first-order valence-electron chi connectivity index (χ1n) is 6.58. The van der Waals surface area contributed by atoms with Crippen molar-refractivity contribution in [3.05, 3.63) is 29.6 Å². The molecule has 1 amide bonds. The molecule has 0 aliphatic carbocycles. The maximum Gasteiger partial charge on any atom is 0.220 e. The van der Waals surface area contributed by atoms with Crippen molar-refractivity contribution in [2.45, 2.75) is 25.8 Å². The summed E-state index contributed by atoms with van der Waals surface area (Å²) >= 11 is 0. The van der Waals surface area contributed by atoms with Crippen LogP contribution in [0.1, 0.15) is 31.4 Å². The molecule has 1 aliphatic heterocycles. The molecule has 5 heteroatoms. The maximum atomic E-state index is 13.3. The molecule has 0 aromatic heterocycles. The molecule has 19 heavy (non-hydrogen) atoms. The molecule has 0 unspecified atom stereocenters. The maximum absolute atomic E-state index is 13.3. The molecule has 4 nitrogen and oxygen atoms in total. The number of hydrogen-bond acceptors (Lipinski definition) is 3. The third-order valence-electron chi connectivity index (χ3n) is 3.72. The van der Waals surface area contributed by atoms with Gasteiger partial charge in [0.1, 0.15) is 5.82 Å². The lowest BCUT2D eigenvalue weighted by Crippen LogP contribution is -2.39. The van der Waals surface area contributed by atoms with E-state index >= 15 is 0 Å². The van der Waals surface area contributed by atoms with Gasteiger partial charge in [0.2, 0.25) is 5.91 Å². The fourth-order valence-corrected chi connectivity index (χ4v) is 2.58. The quantitative estimate of drug-likeness (QED) is 0.871. The zero-order valence-electron chi connectivity index (χ0n) is 11.1. The summed E-state index contributed by atoms with van der Waals surface area (Å²) < 4.78 is 13.3. The molecule has 1 fully saturated rings. The number of anilines is 1. The molecular formula is C14H20FN3O. The minimum atomic E-state index is -0.275. The second-order valence-electron chi connectivity index (χ2n) is 5.16. The second-order valence-corrected chi connectivity index (χ2v) is 5.16. The highest BCUT2D eigenvalue weighted by Gasteiger charge is 2.24. The van der Waals surface area contributed by atoms with Crippen LogP contribution in [0.3, 0.4) is 0 Å². The van der Waals surface area contributed by atoms with Gasteiger partial charge < -0.3 is 16.4 Å². The van der Waals surface area contributed by atoms with Crippen LogP contribution in [0.5, 0.6) is 0 Å². The van der Waals surface area contributed by atoms with Gasteiger partial charge in [0.25, 0.3) is 0 Å². The van der Waals surface area contributed by atoms with E-state index in [1.165, 1.54) is 12.1 Å². The summed E-state index contributed by atoms with van der Waals surface area (Å²) in [4.78, 5) is 13.3. The molecule has 1 aliphatic rings. The number of nitrogens with two attached hydrogens (primary N) is 2. The van der Waals surface area contributed by atoms with Crippen molar-refractivity contribution in [3.8, 4) is 0 Å². The number of piperidine rings is 1. The van der Waals surface area contributed by atoms with Gasteiger partial charge in [0, 0.05) is 30.7 Å². The molecule has 1 heterocycles. The first-order valence-corrected chi connectivity index (χ1v) is 6.58. The highest BCUT2D eigenvalue weighted by atomic mass is 19.1. The Morgan fingerprint density at radius 1 is 1.42 bits per heavy atom. The molecule has 1 atom stereocenters. The van der Waals surface area contributed by atoms with E-state index in [0.717, 1.165) is 37.2 Å². The summed E-state index contributed by atoms with van der Waals surface area (Å²) in [5.41, 5.74) is 13.0. The molecule has 0 saturated carbocycles. The van der Waals surface area contributed by atoms with Gasteiger partial charge in [-0.3, -0.25) is 4.79 Å². The van der Waals surface area contributed by atoms with Gasteiger partial charge in [-0.15, -0.1) is 0 Å². The monoisotopic (exact) mass is 265 g/mol. The number of halogens is 1. The Labute approximate surface area is 112 Å². The molecule has 1 aromatic rings. The van der Waals surface area contributed by atoms with Gasteiger partial charge >= 0.3 is 0 Å². The van der Waals surface area contributed by atoms with Crippen molar-refractivity contribution in [2.24, 2.45) is 17.4 Å². The first-order chi connectivity index (χ1) is 8.99. The molecule has 1 saturated heterocycles. The van der Waals surface area contributed by atoms with Crippen LogP contribution >= 0.6 is 0 Å². The van der Waals surface area contributed by atoms with Crippen LogP contribution < -0.4 is 16.4 Å². The van der Waals surface area contributed by atoms with Gasteiger partial charge in [-0.1, -0.05) is 0 Å². The van der Waals surface area contributed by atoms with Crippen molar-refractivity contribution in [1.29, 1.82) is 0 Å². The Kier molecular flexibility index (Phi) is 4.04.